The van der Waals surface area contributed by atoms with Crippen molar-refractivity contribution in [3.8, 4) is 0 Å². The van der Waals surface area contributed by atoms with Gasteiger partial charge in [0.25, 0.3) is 11.5 Å². The van der Waals surface area contributed by atoms with Crippen molar-refractivity contribution in [2.24, 2.45) is 7.05 Å². The molecule has 2 aromatic carbocycles. The van der Waals surface area contributed by atoms with Gasteiger partial charge in [0.2, 0.25) is 5.78 Å². The Kier molecular flexibility index (Phi) is 6.02. The summed E-state index contributed by atoms with van der Waals surface area (Å²) in [7, 11) is 1.36. The molecular formula is C24H21ClN4O4. The second-order valence-electron chi connectivity index (χ2n) is 7.59. The first-order chi connectivity index (χ1) is 15.8. The topological polar surface area (TPSA) is 102 Å². The van der Waals surface area contributed by atoms with Gasteiger partial charge in [-0.25, -0.2) is 4.79 Å². The van der Waals surface area contributed by atoms with Crippen molar-refractivity contribution in [3.63, 3.8) is 0 Å². The van der Waals surface area contributed by atoms with Crippen LogP contribution in [0.3, 0.4) is 0 Å². The molecule has 8 nitrogen and oxygen atoms in total. The molecule has 0 saturated carbocycles. The Labute approximate surface area is 194 Å². The van der Waals surface area contributed by atoms with Crippen LogP contribution in [0.1, 0.15) is 39.6 Å². The van der Waals surface area contributed by atoms with Crippen molar-refractivity contribution < 1.29 is 9.59 Å². The number of halogens is 1. The molecule has 33 heavy (non-hydrogen) atoms. The van der Waals surface area contributed by atoms with Crippen LogP contribution in [0.4, 0.5) is 11.5 Å². The molecule has 0 fully saturated rings. The summed E-state index contributed by atoms with van der Waals surface area (Å²) >= 11 is 6.09. The van der Waals surface area contributed by atoms with Gasteiger partial charge in [0.05, 0.1) is 16.3 Å². The van der Waals surface area contributed by atoms with E-state index in [2.05, 4.69) is 10.6 Å². The largest absolute Gasteiger partial charge is 0.338 e. The molecule has 1 aliphatic rings. The van der Waals surface area contributed by atoms with Crippen LogP contribution in [0, 0.1) is 0 Å². The number of Topliss-reactive ketones (excluding diaryl/α,β-unsaturated/α-hetero) is 1. The zero-order chi connectivity index (χ0) is 23.7. The standard InChI is InChI=1S/C24H21ClN4O4/c1-3-11-29-21-19(23(32)28(2)24(29)33)20(30)18(27-21)13-14-7-6-8-15(12-14)26-22(31)16-9-4-5-10-17(16)25/h4-10,12-13,27H,3,11H2,1-2H3,(H,26,31)/b18-13-. The average Bonchev–Trinajstić information content (AvgIpc) is 3.11. The van der Waals surface area contributed by atoms with E-state index in [1.54, 1.807) is 54.6 Å². The van der Waals surface area contributed by atoms with Crippen LogP contribution in [-0.2, 0) is 13.6 Å². The highest BCUT2D eigenvalue weighted by Gasteiger charge is 2.32. The number of carbonyl (C=O) groups excluding carboxylic acids is 2. The predicted molar refractivity (Wildman–Crippen MR) is 128 cm³/mol. The van der Waals surface area contributed by atoms with Gasteiger partial charge in [-0.3, -0.25) is 23.5 Å². The number of allylic oxidation sites excluding steroid dienone is 1. The van der Waals surface area contributed by atoms with E-state index < -0.39 is 17.0 Å². The zero-order valence-electron chi connectivity index (χ0n) is 18.0. The van der Waals surface area contributed by atoms with E-state index in [-0.39, 0.29) is 23.0 Å². The number of rotatable bonds is 5. The molecule has 1 amide bonds. The number of ketones is 1. The third-order valence-electron chi connectivity index (χ3n) is 5.29. The molecule has 1 aromatic heterocycles. The number of aromatic nitrogens is 2. The number of hydrogen-bond acceptors (Lipinski definition) is 5. The maximum absolute atomic E-state index is 13.0. The number of anilines is 2. The molecule has 0 spiro atoms. The summed E-state index contributed by atoms with van der Waals surface area (Å²) in [6.45, 7) is 2.27. The van der Waals surface area contributed by atoms with Crippen LogP contribution in [0.25, 0.3) is 6.08 Å². The van der Waals surface area contributed by atoms with E-state index in [9.17, 15) is 19.2 Å². The van der Waals surface area contributed by atoms with Gasteiger partial charge in [0, 0.05) is 19.3 Å². The molecule has 1 aliphatic heterocycles. The van der Waals surface area contributed by atoms with Crippen LogP contribution in [-0.4, -0.2) is 20.8 Å². The van der Waals surface area contributed by atoms with Crippen molar-refractivity contribution in [2.75, 3.05) is 10.6 Å². The maximum Gasteiger partial charge on any atom is 0.332 e. The SMILES string of the molecule is CCCn1c2c(c(=O)n(C)c1=O)C(=O)/C(=C/c1cccc(NC(=O)c3ccccc3Cl)c1)N2. The number of nitrogens with one attached hydrogen (secondary N) is 2. The Morgan fingerprint density at radius 1 is 1.12 bits per heavy atom. The summed E-state index contributed by atoms with van der Waals surface area (Å²) in [6, 6.07) is 13.6. The third-order valence-corrected chi connectivity index (χ3v) is 5.62. The molecule has 0 saturated heterocycles. The van der Waals surface area contributed by atoms with E-state index in [4.69, 9.17) is 11.6 Å². The molecule has 9 heteroatoms. The van der Waals surface area contributed by atoms with E-state index in [0.717, 1.165) is 4.57 Å². The van der Waals surface area contributed by atoms with Crippen molar-refractivity contribution in [1.82, 2.24) is 9.13 Å². The molecule has 4 rings (SSSR count). The lowest BCUT2D eigenvalue weighted by Crippen LogP contribution is -2.40. The Hall–Kier alpha value is -3.91. The van der Waals surface area contributed by atoms with Gasteiger partial charge in [-0.15, -0.1) is 0 Å². The number of fused-ring (bicyclic) bond motifs is 1. The van der Waals surface area contributed by atoms with E-state index in [0.29, 0.717) is 34.8 Å². The first kappa shape index (κ1) is 22.3. The van der Waals surface area contributed by atoms with E-state index >= 15 is 0 Å². The lowest BCUT2D eigenvalue weighted by molar-refractivity contribution is 0.102. The quantitative estimate of drug-likeness (QED) is 0.562. The smallest absolute Gasteiger partial charge is 0.332 e. The van der Waals surface area contributed by atoms with Crippen molar-refractivity contribution in [3.05, 3.63) is 96.8 Å². The fourth-order valence-electron chi connectivity index (χ4n) is 3.67. The van der Waals surface area contributed by atoms with Crippen LogP contribution in [0.2, 0.25) is 5.02 Å². The Bertz CT molecular complexity index is 1440. The molecule has 2 heterocycles. The monoisotopic (exact) mass is 464 g/mol. The summed E-state index contributed by atoms with van der Waals surface area (Å²) in [6.07, 6.45) is 2.24. The molecule has 0 bridgehead atoms. The second kappa shape index (κ2) is 8.91. The van der Waals surface area contributed by atoms with E-state index in [1.165, 1.54) is 11.6 Å². The lowest BCUT2D eigenvalue weighted by atomic mass is 10.1. The first-order valence-corrected chi connectivity index (χ1v) is 10.7. The fraction of sp³-hybridized carbons (Fsp3) is 0.167. The molecule has 2 N–H and O–H groups in total. The minimum Gasteiger partial charge on any atom is -0.338 e. The number of amides is 1. The maximum atomic E-state index is 13.0. The molecule has 0 aliphatic carbocycles. The van der Waals surface area contributed by atoms with Gasteiger partial charge in [-0.2, -0.15) is 0 Å². The Morgan fingerprint density at radius 2 is 1.88 bits per heavy atom. The summed E-state index contributed by atoms with van der Waals surface area (Å²) in [5, 5.41) is 6.07. The van der Waals surface area contributed by atoms with Gasteiger partial charge in [0.1, 0.15) is 11.4 Å². The molecular weight excluding hydrogens is 444 g/mol. The Balaban J connectivity index is 1.66. The van der Waals surface area contributed by atoms with Crippen LogP contribution >= 0.6 is 11.6 Å². The zero-order valence-corrected chi connectivity index (χ0v) is 18.8. The number of hydrogen-bond donors (Lipinski definition) is 2. The number of nitrogens with zero attached hydrogens (tertiary/aromatic N) is 2. The van der Waals surface area contributed by atoms with Crippen molar-refractivity contribution in [1.29, 1.82) is 0 Å². The molecule has 0 unspecified atom stereocenters. The Morgan fingerprint density at radius 3 is 2.61 bits per heavy atom. The van der Waals surface area contributed by atoms with Gasteiger partial charge in [-0.1, -0.05) is 42.8 Å². The minimum absolute atomic E-state index is 0.0556. The third kappa shape index (κ3) is 4.12. The second-order valence-corrected chi connectivity index (χ2v) is 8.00. The van der Waals surface area contributed by atoms with E-state index in [1.807, 2.05) is 6.92 Å². The molecule has 168 valence electrons. The van der Waals surface area contributed by atoms with Crippen LogP contribution in [0.5, 0.6) is 0 Å². The minimum atomic E-state index is -0.635. The van der Waals surface area contributed by atoms with Gasteiger partial charge < -0.3 is 10.6 Å². The lowest BCUT2D eigenvalue weighted by Gasteiger charge is -2.11. The first-order valence-electron chi connectivity index (χ1n) is 10.3. The van der Waals surface area contributed by atoms with Crippen LogP contribution < -0.4 is 21.9 Å². The molecule has 0 radical (unpaired) electrons. The highest BCUT2D eigenvalue weighted by Crippen LogP contribution is 2.26. The molecule has 3 aromatic rings. The van der Waals surface area contributed by atoms with Gasteiger partial charge in [-0.05, 0) is 42.3 Å². The summed E-state index contributed by atoms with van der Waals surface area (Å²) in [5.74, 6) is -0.634. The highest BCUT2D eigenvalue weighted by molar-refractivity contribution is 6.34. The highest BCUT2D eigenvalue weighted by atomic mass is 35.5. The van der Waals surface area contributed by atoms with Gasteiger partial charge >= 0.3 is 5.69 Å². The fourth-order valence-corrected chi connectivity index (χ4v) is 3.89. The van der Waals surface area contributed by atoms with Crippen molar-refractivity contribution in [2.45, 2.75) is 19.9 Å². The average molecular weight is 465 g/mol. The van der Waals surface area contributed by atoms with Crippen molar-refractivity contribution >= 4 is 40.9 Å². The summed E-state index contributed by atoms with van der Waals surface area (Å²) in [4.78, 5) is 50.6. The molecule has 0 atom stereocenters. The predicted octanol–water partition coefficient (Wildman–Crippen LogP) is 3.51. The summed E-state index contributed by atoms with van der Waals surface area (Å²) in [5.41, 5.74) is 0.478. The number of benzene rings is 2. The normalized spacial score (nSPS) is 13.7. The summed E-state index contributed by atoms with van der Waals surface area (Å²) < 4.78 is 2.34. The number of carbonyl (C=O) groups is 2. The van der Waals surface area contributed by atoms with Crippen LogP contribution in [0.15, 0.2) is 63.8 Å². The van der Waals surface area contributed by atoms with Gasteiger partial charge in [0.15, 0.2) is 0 Å².